The summed E-state index contributed by atoms with van der Waals surface area (Å²) >= 11 is 0. The molecule has 5 atom stereocenters. The smallest absolute Gasteiger partial charge is 0.463 e. The molecule has 0 aliphatic rings. The van der Waals surface area contributed by atoms with E-state index >= 15 is 0 Å². The van der Waals surface area contributed by atoms with Crippen LogP contribution < -0.4 is 0 Å². The van der Waals surface area contributed by atoms with Crippen molar-refractivity contribution in [1.29, 1.82) is 0 Å². The fourth-order valence-electron chi connectivity index (χ4n) is 11.3. The zero-order valence-corrected chi connectivity index (χ0v) is 72.3. The maximum Gasteiger partial charge on any atom is 0.472 e. The van der Waals surface area contributed by atoms with Gasteiger partial charge in [0.05, 0.1) is 26.4 Å². The van der Waals surface area contributed by atoms with Gasteiger partial charge in [0.1, 0.15) is 25.4 Å². The molecule has 18 heteroatoms. The number of phosphoric acid groups is 2. The Bertz CT molecular complexity index is 2830. The molecule has 0 bridgehead atoms. The molecule has 0 aromatic rings. The monoisotopic (exact) mass is 1620 g/mol. The number of hydrogen-bond donors (Lipinski definition) is 4. The Morgan fingerprint density at radius 3 is 0.699 bits per heavy atom. The molecule has 0 heterocycles. The zero-order valence-electron chi connectivity index (χ0n) is 70.5. The van der Waals surface area contributed by atoms with Gasteiger partial charge in [0, 0.05) is 19.3 Å². The molecule has 0 radical (unpaired) electrons. The Kier molecular flexibility index (Phi) is 81.5. The number of unbranched alkanes of at least 4 members (excludes halogenated alkanes) is 26. The van der Waals surface area contributed by atoms with Gasteiger partial charge in [0.15, 0.2) is 6.10 Å². The summed E-state index contributed by atoms with van der Waals surface area (Å²) in [5.41, 5.74) is 0. The molecule has 0 aromatic heterocycles. The number of carbonyl (C=O) groups is 3. The van der Waals surface area contributed by atoms with Crippen LogP contribution in [0.5, 0.6) is 0 Å². The second kappa shape index (κ2) is 85.8. The zero-order chi connectivity index (χ0) is 82.2. The van der Waals surface area contributed by atoms with Crippen LogP contribution in [0.15, 0.2) is 194 Å². The number of aliphatic hydroxyl groups is 2. The van der Waals surface area contributed by atoms with E-state index in [0.29, 0.717) is 19.3 Å². The van der Waals surface area contributed by atoms with Gasteiger partial charge in [-0.1, -0.05) is 344 Å². The SMILES string of the molecule is CC/C=C\C/C=C\C/C=C\C/C=C\C/C=C\C/C=C\CCCCCCC(=O)OC(COC(=O)CCCCCCCCCCCCC/C=C\C/C=C\C/C=C\C/C=C\C/C=C\CC)COP(=O)(O)OCC(O)COP(=O)(O)OCC(O)COC(=O)CCCCCCCCCCCCC/C=C\C/C=C\C/C=C\C/C=C\C/C=C\CC. The van der Waals surface area contributed by atoms with Gasteiger partial charge in [-0.25, -0.2) is 9.13 Å². The fourth-order valence-corrected chi connectivity index (χ4v) is 12.9. The molecule has 0 saturated heterocycles. The molecule has 0 rings (SSSR count). The normalized spacial score (nSPS) is 14.8. The molecule has 0 aliphatic carbocycles. The minimum atomic E-state index is -4.96. The molecule has 642 valence electrons. The maximum absolute atomic E-state index is 13.1. The number of carbonyl (C=O) groups excluding carboxylic acids is 3. The van der Waals surface area contributed by atoms with Gasteiger partial charge < -0.3 is 34.2 Å². The van der Waals surface area contributed by atoms with Crippen molar-refractivity contribution in [3.05, 3.63) is 194 Å². The van der Waals surface area contributed by atoms with Gasteiger partial charge in [-0.3, -0.25) is 32.5 Å². The lowest BCUT2D eigenvalue weighted by molar-refractivity contribution is -0.161. The van der Waals surface area contributed by atoms with E-state index < -0.39 is 91.5 Å². The summed E-state index contributed by atoms with van der Waals surface area (Å²) < 4.78 is 61.4. The van der Waals surface area contributed by atoms with Crippen LogP contribution in [0.3, 0.4) is 0 Å². The Morgan fingerprint density at radius 2 is 0.442 bits per heavy atom. The first-order valence-electron chi connectivity index (χ1n) is 43.7. The van der Waals surface area contributed by atoms with Crippen LogP contribution >= 0.6 is 15.6 Å². The summed E-state index contributed by atoms with van der Waals surface area (Å²) in [6, 6.07) is 0. The van der Waals surface area contributed by atoms with Crippen LogP contribution in [0.1, 0.15) is 329 Å². The third kappa shape index (κ3) is 87.1. The summed E-state index contributed by atoms with van der Waals surface area (Å²) in [7, 11) is -9.83. The Balaban J connectivity index is 4.71. The van der Waals surface area contributed by atoms with Crippen molar-refractivity contribution in [2.45, 2.75) is 347 Å². The molecule has 0 saturated carbocycles. The summed E-state index contributed by atoms with van der Waals surface area (Å²) in [5.74, 6) is -1.61. The molecule has 0 aliphatic heterocycles. The molecule has 0 amide bonds. The molecular weight excluding hydrogens is 1460 g/mol. The molecule has 113 heavy (non-hydrogen) atoms. The minimum Gasteiger partial charge on any atom is -0.463 e. The van der Waals surface area contributed by atoms with Gasteiger partial charge in [0.2, 0.25) is 0 Å². The molecular formula is C95H156O16P2. The predicted octanol–water partition coefficient (Wildman–Crippen LogP) is 26.7. The number of rotatable bonds is 81. The highest BCUT2D eigenvalue weighted by atomic mass is 31.2. The summed E-state index contributed by atoms with van der Waals surface area (Å²) in [6.07, 6.45) is 113. The Morgan fingerprint density at radius 1 is 0.248 bits per heavy atom. The number of phosphoric ester groups is 2. The standard InChI is InChI=1S/C95H156O16P2/c1-4-7-10-13-16-19-22-25-28-31-34-37-40-42-44-46-49-51-54-57-60-63-66-69-72-75-78-81-93(98)105-84-90(96)85-107-112(101,102)108-86-91(97)87-109-113(103,104)110-89-92(111-95(100)83-80-77-74-71-68-65-62-59-56-53-48-39-36-33-30-27-24-21-18-15-12-9-6-3)88-106-94(99)82-79-76-73-70-67-64-61-58-55-52-50-47-45-43-41-38-35-32-29-26-23-20-17-14-11-8-5-2/h7-12,16-21,25-30,34-39,42-45,53,56,62,65,90-92,96-97H,4-6,13-15,22-24,31-33,40-41,46-52,54-55,57-61,63-64,66-89H2,1-3H3,(H,101,102)(H,103,104)/b10-7-,11-8-,12-9-,19-16-,20-17-,21-18-,28-25-,29-26-,30-27-,37-34-,38-35-,39-36-,44-42-,45-43-,56-53-,65-62-. The molecule has 5 unspecified atom stereocenters. The largest absolute Gasteiger partial charge is 0.472 e. The van der Waals surface area contributed by atoms with E-state index in [1.165, 1.54) is 77.0 Å². The van der Waals surface area contributed by atoms with Gasteiger partial charge in [-0.05, 0) is 161 Å². The fraction of sp³-hybridized carbons (Fsp3) is 0.632. The lowest BCUT2D eigenvalue weighted by Gasteiger charge is -2.21. The number of aliphatic hydroxyl groups excluding tert-OH is 2. The lowest BCUT2D eigenvalue weighted by Crippen LogP contribution is -2.30. The van der Waals surface area contributed by atoms with Gasteiger partial charge in [-0.2, -0.15) is 0 Å². The molecule has 0 aromatic carbocycles. The molecule has 0 fully saturated rings. The van der Waals surface area contributed by atoms with Crippen molar-refractivity contribution in [3.63, 3.8) is 0 Å². The minimum absolute atomic E-state index is 0.0670. The number of esters is 3. The van der Waals surface area contributed by atoms with E-state index in [2.05, 4.69) is 215 Å². The summed E-state index contributed by atoms with van der Waals surface area (Å²) in [4.78, 5) is 58.9. The van der Waals surface area contributed by atoms with E-state index in [-0.39, 0.29) is 19.3 Å². The molecule has 16 nitrogen and oxygen atoms in total. The Labute approximate surface area is 687 Å². The highest BCUT2D eigenvalue weighted by Gasteiger charge is 2.29. The quantitative estimate of drug-likeness (QED) is 0.0146. The van der Waals surface area contributed by atoms with Crippen LogP contribution in [-0.4, -0.2) is 95.9 Å². The van der Waals surface area contributed by atoms with Crippen LogP contribution in [0.25, 0.3) is 0 Å². The van der Waals surface area contributed by atoms with Crippen molar-refractivity contribution >= 4 is 33.6 Å². The average Bonchev–Trinajstić information content (AvgIpc) is 0.900. The lowest BCUT2D eigenvalue weighted by atomic mass is 10.0. The van der Waals surface area contributed by atoms with Crippen LogP contribution in [0.4, 0.5) is 0 Å². The van der Waals surface area contributed by atoms with Crippen LogP contribution in [0.2, 0.25) is 0 Å². The molecule has 4 N–H and O–H groups in total. The topological polar surface area (TPSA) is 231 Å². The molecule has 0 spiro atoms. The van der Waals surface area contributed by atoms with Gasteiger partial charge in [-0.15, -0.1) is 0 Å². The average molecular weight is 1620 g/mol. The number of ether oxygens (including phenoxy) is 3. The van der Waals surface area contributed by atoms with Gasteiger partial charge in [0.25, 0.3) is 0 Å². The van der Waals surface area contributed by atoms with Crippen molar-refractivity contribution in [2.24, 2.45) is 0 Å². The second-order valence-electron chi connectivity index (χ2n) is 28.5. The third-order valence-electron chi connectivity index (χ3n) is 17.8. The second-order valence-corrected chi connectivity index (χ2v) is 31.5. The van der Waals surface area contributed by atoms with Crippen LogP contribution in [-0.2, 0) is 55.8 Å². The first kappa shape index (κ1) is 107. The van der Waals surface area contributed by atoms with Crippen LogP contribution in [0, 0.1) is 0 Å². The first-order valence-corrected chi connectivity index (χ1v) is 46.7. The number of allylic oxidation sites excluding steroid dienone is 32. The van der Waals surface area contributed by atoms with E-state index in [9.17, 15) is 43.5 Å². The predicted molar refractivity (Wildman–Crippen MR) is 472 cm³/mol. The van der Waals surface area contributed by atoms with Gasteiger partial charge >= 0.3 is 33.6 Å². The van der Waals surface area contributed by atoms with E-state index in [4.69, 9.17) is 32.3 Å². The van der Waals surface area contributed by atoms with E-state index in [1.54, 1.807) is 0 Å². The first-order chi connectivity index (χ1) is 55.2. The highest BCUT2D eigenvalue weighted by molar-refractivity contribution is 7.47. The maximum atomic E-state index is 13.1. The van der Waals surface area contributed by atoms with E-state index in [0.717, 1.165) is 193 Å². The van der Waals surface area contributed by atoms with Crippen molar-refractivity contribution in [3.8, 4) is 0 Å². The van der Waals surface area contributed by atoms with Crippen molar-refractivity contribution in [2.75, 3.05) is 39.6 Å². The van der Waals surface area contributed by atoms with Crippen molar-refractivity contribution < 1.29 is 75.8 Å². The number of hydrogen-bond acceptors (Lipinski definition) is 14. The van der Waals surface area contributed by atoms with Crippen molar-refractivity contribution in [1.82, 2.24) is 0 Å². The summed E-state index contributed by atoms with van der Waals surface area (Å²) in [6.45, 7) is 2.32. The van der Waals surface area contributed by atoms with E-state index in [1.807, 2.05) is 0 Å². The third-order valence-corrected chi connectivity index (χ3v) is 19.7. The Hall–Kier alpha value is -5.61. The summed E-state index contributed by atoms with van der Waals surface area (Å²) in [5, 5.41) is 20.7. The highest BCUT2D eigenvalue weighted by Crippen LogP contribution is 2.45.